The van der Waals surface area contributed by atoms with E-state index < -0.39 is 0 Å². The van der Waals surface area contributed by atoms with Crippen LogP contribution in [0.1, 0.15) is 33.6 Å². The van der Waals surface area contributed by atoms with Crippen molar-refractivity contribution in [2.75, 3.05) is 4.43 Å². The van der Waals surface area contributed by atoms with E-state index in [1.54, 1.807) is 0 Å². The molecule has 2 N–H and O–H groups in total. The van der Waals surface area contributed by atoms with Gasteiger partial charge in [0.05, 0.1) is 0 Å². The minimum absolute atomic E-state index is 0.435. The number of rotatable bonds is 2. The van der Waals surface area contributed by atoms with Gasteiger partial charge in [0.2, 0.25) is 0 Å². The summed E-state index contributed by atoms with van der Waals surface area (Å²) in [4.78, 5) is 0. The summed E-state index contributed by atoms with van der Waals surface area (Å²) < 4.78 is 1.22. The van der Waals surface area contributed by atoms with Gasteiger partial charge in [-0.2, -0.15) is 0 Å². The summed E-state index contributed by atoms with van der Waals surface area (Å²) >= 11 is 2.29. The molecular weight excluding hydrogens is 225 g/mol. The van der Waals surface area contributed by atoms with Crippen LogP contribution in [0.4, 0.5) is 0 Å². The van der Waals surface area contributed by atoms with Crippen molar-refractivity contribution in [1.29, 1.82) is 0 Å². The van der Waals surface area contributed by atoms with Crippen molar-refractivity contribution in [3.63, 3.8) is 0 Å². The molecule has 0 atom stereocenters. The molecule has 0 amide bonds. The SMILES string of the molecule is CCC(N)CC.CCI. The lowest BCUT2D eigenvalue weighted by molar-refractivity contribution is 0.629. The van der Waals surface area contributed by atoms with Crippen LogP contribution in [-0.4, -0.2) is 10.5 Å². The zero-order valence-corrected chi connectivity index (χ0v) is 8.81. The molecular formula is C7H18IN. The van der Waals surface area contributed by atoms with Crippen LogP contribution in [0.15, 0.2) is 0 Å². The summed E-state index contributed by atoms with van der Waals surface area (Å²) in [6, 6.07) is 0.435. The third kappa shape index (κ3) is 17.7. The molecule has 0 fully saturated rings. The Morgan fingerprint density at radius 1 is 1.22 bits per heavy atom. The average Bonchev–Trinajstić information content (AvgIpc) is 1.88. The van der Waals surface area contributed by atoms with Gasteiger partial charge < -0.3 is 5.73 Å². The minimum Gasteiger partial charge on any atom is -0.328 e. The molecule has 0 heterocycles. The van der Waals surface area contributed by atoms with Crippen molar-refractivity contribution in [3.05, 3.63) is 0 Å². The molecule has 0 aliphatic rings. The molecule has 1 nitrogen and oxygen atoms in total. The first-order valence-corrected chi connectivity index (χ1v) is 5.06. The summed E-state index contributed by atoms with van der Waals surface area (Å²) in [5, 5.41) is 0. The van der Waals surface area contributed by atoms with E-state index >= 15 is 0 Å². The topological polar surface area (TPSA) is 26.0 Å². The van der Waals surface area contributed by atoms with Crippen molar-refractivity contribution >= 4 is 22.6 Å². The third-order valence-electron chi connectivity index (χ3n) is 1.05. The second-order valence-corrected chi connectivity index (χ2v) is 3.37. The Labute approximate surface area is 72.5 Å². The number of nitrogens with two attached hydrogens (primary N) is 1. The lowest BCUT2D eigenvalue weighted by Gasteiger charge is -1.99. The molecule has 0 saturated carbocycles. The van der Waals surface area contributed by atoms with E-state index in [2.05, 4.69) is 43.4 Å². The second kappa shape index (κ2) is 11.5. The van der Waals surface area contributed by atoms with Gasteiger partial charge in [0.25, 0.3) is 0 Å². The van der Waals surface area contributed by atoms with E-state index in [9.17, 15) is 0 Å². The Balaban J connectivity index is 0. The first-order chi connectivity index (χ1) is 4.22. The second-order valence-electron chi connectivity index (χ2n) is 1.84. The molecule has 0 unspecified atom stereocenters. The summed E-state index contributed by atoms with van der Waals surface area (Å²) in [5.41, 5.74) is 5.47. The van der Waals surface area contributed by atoms with Crippen LogP contribution >= 0.6 is 22.6 Å². The Morgan fingerprint density at radius 3 is 1.44 bits per heavy atom. The van der Waals surface area contributed by atoms with Crippen molar-refractivity contribution in [3.8, 4) is 0 Å². The summed E-state index contributed by atoms with van der Waals surface area (Å²) in [5.74, 6) is 0. The lowest BCUT2D eigenvalue weighted by atomic mass is 10.2. The van der Waals surface area contributed by atoms with E-state index in [0.717, 1.165) is 12.8 Å². The van der Waals surface area contributed by atoms with Crippen LogP contribution in [0.3, 0.4) is 0 Å². The Kier molecular flexibility index (Phi) is 15.8. The minimum atomic E-state index is 0.435. The largest absolute Gasteiger partial charge is 0.328 e. The molecule has 0 saturated heterocycles. The number of hydrogen-bond donors (Lipinski definition) is 1. The van der Waals surface area contributed by atoms with Gasteiger partial charge in [0, 0.05) is 6.04 Å². The van der Waals surface area contributed by atoms with Crippen LogP contribution in [0.25, 0.3) is 0 Å². The van der Waals surface area contributed by atoms with E-state index in [1.165, 1.54) is 4.43 Å². The Hall–Kier alpha value is 0.690. The van der Waals surface area contributed by atoms with Gasteiger partial charge in [-0.3, -0.25) is 0 Å². The van der Waals surface area contributed by atoms with E-state index in [1.807, 2.05) is 0 Å². The van der Waals surface area contributed by atoms with Gasteiger partial charge in [-0.05, 0) is 17.3 Å². The Bertz CT molecular complexity index is 35.9. The maximum atomic E-state index is 5.47. The molecule has 0 aliphatic carbocycles. The van der Waals surface area contributed by atoms with Crippen molar-refractivity contribution in [2.45, 2.75) is 39.7 Å². The molecule has 0 radical (unpaired) electrons. The van der Waals surface area contributed by atoms with E-state index in [4.69, 9.17) is 5.73 Å². The maximum absolute atomic E-state index is 5.47. The smallest absolute Gasteiger partial charge is 0.00335 e. The standard InChI is InChI=1S/C5H13N.C2H5I/c1-3-5(6)4-2;1-2-3/h5H,3-4,6H2,1-2H3;2H2,1H3. The summed E-state index contributed by atoms with van der Waals surface area (Å²) in [6.07, 6.45) is 2.22. The van der Waals surface area contributed by atoms with Crippen molar-refractivity contribution in [2.24, 2.45) is 5.73 Å². The van der Waals surface area contributed by atoms with Crippen molar-refractivity contribution in [1.82, 2.24) is 0 Å². The number of halogens is 1. The average molecular weight is 243 g/mol. The van der Waals surface area contributed by atoms with E-state index in [-0.39, 0.29) is 0 Å². The fourth-order valence-electron chi connectivity index (χ4n) is 0.289. The third-order valence-corrected chi connectivity index (χ3v) is 1.05. The molecule has 0 aromatic carbocycles. The molecule has 0 rings (SSSR count). The zero-order valence-electron chi connectivity index (χ0n) is 6.65. The Morgan fingerprint density at radius 2 is 1.44 bits per heavy atom. The predicted octanol–water partition coefficient (Wildman–Crippen LogP) is 2.58. The predicted molar refractivity (Wildman–Crippen MR) is 53.1 cm³/mol. The maximum Gasteiger partial charge on any atom is 0.00335 e. The molecule has 0 spiro atoms. The van der Waals surface area contributed by atoms with Crippen molar-refractivity contribution < 1.29 is 0 Å². The van der Waals surface area contributed by atoms with Gasteiger partial charge in [0.15, 0.2) is 0 Å². The van der Waals surface area contributed by atoms with Crippen LogP contribution in [0, 0.1) is 0 Å². The van der Waals surface area contributed by atoms with E-state index in [0.29, 0.717) is 6.04 Å². The molecule has 58 valence electrons. The van der Waals surface area contributed by atoms with Crippen LogP contribution in [0.2, 0.25) is 0 Å². The number of hydrogen-bond acceptors (Lipinski definition) is 1. The molecule has 0 aromatic rings. The zero-order chi connectivity index (χ0) is 7.70. The molecule has 0 aliphatic heterocycles. The summed E-state index contributed by atoms with van der Waals surface area (Å²) in [6.45, 7) is 6.32. The van der Waals surface area contributed by atoms with Gasteiger partial charge >= 0.3 is 0 Å². The normalized spacial score (nSPS) is 8.67. The van der Waals surface area contributed by atoms with Gasteiger partial charge in [-0.15, -0.1) is 0 Å². The fourth-order valence-corrected chi connectivity index (χ4v) is 0.289. The fraction of sp³-hybridized carbons (Fsp3) is 1.00. The quantitative estimate of drug-likeness (QED) is 0.585. The van der Waals surface area contributed by atoms with Gasteiger partial charge in [-0.1, -0.05) is 43.4 Å². The molecule has 2 heteroatoms. The molecule has 9 heavy (non-hydrogen) atoms. The number of alkyl halides is 1. The highest BCUT2D eigenvalue weighted by Gasteiger charge is 1.88. The molecule has 0 aromatic heterocycles. The first kappa shape index (κ1) is 12.4. The highest BCUT2D eigenvalue weighted by atomic mass is 127. The highest BCUT2D eigenvalue weighted by Crippen LogP contribution is 1.88. The van der Waals surface area contributed by atoms with Crippen LogP contribution in [-0.2, 0) is 0 Å². The molecule has 0 bridgehead atoms. The summed E-state index contributed by atoms with van der Waals surface area (Å²) in [7, 11) is 0. The highest BCUT2D eigenvalue weighted by molar-refractivity contribution is 14.1. The first-order valence-electron chi connectivity index (χ1n) is 3.54. The monoisotopic (exact) mass is 243 g/mol. The lowest BCUT2D eigenvalue weighted by Crippen LogP contribution is -2.16. The van der Waals surface area contributed by atoms with Gasteiger partial charge in [-0.25, -0.2) is 0 Å². The van der Waals surface area contributed by atoms with Crippen LogP contribution in [0.5, 0.6) is 0 Å². The van der Waals surface area contributed by atoms with Gasteiger partial charge in [0.1, 0.15) is 0 Å². The van der Waals surface area contributed by atoms with Crippen LogP contribution < -0.4 is 5.73 Å².